The van der Waals surface area contributed by atoms with E-state index in [1.54, 1.807) is 0 Å². The van der Waals surface area contributed by atoms with Crippen molar-refractivity contribution in [1.29, 1.82) is 0 Å². The fourth-order valence-corrected chi connectivity index (χ4v) is 4.94. The summed E-state index contributed by atoms with van der Waals surface area (Å²) >= 11 is 1.43. The number of hydrogen-bond donors (Lipinski definition) is 2. The minimum Gasteiger partial charge on any atom is -0.478 e. The van der Waals surface area contributed by atoms with E-state index in [1.165, 1.54) is 11.3 Å². The minimum absolute atomic E-state index is 0.201. The molecule has 2 atom stereocenters. The highest BCUT2D eigenvalue weighted by atomic mass is 32.1. The van der Waals surface area contributed by atoms with E-state index >= 15 is 0 Å². The number of carbonyl (C=O) groups excluding carboxylic acids is 1. The number of aromatic carboxylic acids is 1. The van der Waals surface area contributed by atoms with Crippen molar-refractivity contribution in [3.8, 4) is 0 Å². The molecule has 1 amide bonds. The topological polar surface area (TPSA) is 75.6 Å². The van der Waals surface area contributed by atoms with Gasteiger partial charge < -0.3 is 15.2 Å². The predicted octanol–water partition coefficient (Wildman–Crippen LogP) is 3.71. The highest BCUT2D eigenvalue weighted by Crippen LogP contribution is 2.44. The molecule has 1 fully saturated rings. The van der Waals surface area contributed by atoms with E-state index in [9.17, 15) is 14.7 Å². The lowest BCUT2D eigenvalue weighted by Crippen LogP contribution is -2.27. The monoisotopic (exact) mass is 351 g/mol. The molecule has 132 valence electrons. The molecule has 0 saturated carbocycles. The summed E-state index contributed by atoms with van der Waals surface area (Å²) in [5.41, 5.74) is 1.40. The van der Waals surface area contributed by atoms with E-state index < -0.39 is 12.1 Å². The quantitative estimate of drug-likeness (QED) is 0.870. The lowest BCUT2D eigenvalue weighted by Gasteiger charge is -2.33. The van der Waals surface area contributed by atoms with Gasteiger partial charge in [0.25, 0.3) is 5.91 Å². The van der Waals surface area contributed by atoms with Crippen molar-refractivity contribution in [2.24, 2.45) is 11.3 Å². The van der Waals surface area contributed by atoms with Crippen LogP contribution in [0.1, 0.15) is 60.8 Å². The van der Waals surface area contributed by atoms with Crippen LogP contribution in [0, 0.1) is 11.3 Å². The molecule has 24 heavy (non-hydrogen) atoms. The third-order valence-corrected chi connectivity index (χ3v) is 6.33. The second-order valence-corrected chi connectivity index (χ2v) is 8.91. The minimum atomic E-state index is -0.954. The first-order valence-corrected chi connectivity index (χ1v) is 9.39. The SMILES string of the molecule is CC(C)(C)C1CCc2c(sc(NC(=O)C3CCCO3)c2C(=O)O)C1. The van der Waals surface area contributed by atoms with Gasteiger partial charge in [-0.1, -0.05) is 20.8 Å². The fraction of sp³-hybridized carbons (Fsp3) is 0.667. The number of ether oxygens (including phenoxy) is 1. The van der Waals surface area contributed by atoms with E-state index in [0.717, 1.165) is 36.1 Å². The van der Waals surface area contributed by atoms with E-state index in [0.29, 0.717) is 23.9 Å². The summed E-state index contributed by atoms with van der Waals surface area (Å²) in [5.74, 6) is -0.641. The lowest BCUT2D eigenvalue weighted by molar-refractivity contribution is -0.124. The Morgan fingerprint density at radius 3 is 2.62 bits per heavy atom. The van der Waals surface area contributed by atoms with Crippen molar-refractivity contribution < 1.29 is 19.4 Å². The maximum Gasteiger partial charge on any atom is 0.339 e. The van der Waals surface area contributed by atoms with Gasteiger partial charge in [-0.25, -0.2) is 4.79 Å². The van der Waals surface area contributed by atoms with E-state index in [2.05, 4.69) is 26.1 Å². The van der Waals surface area contributed by atoms with Crippen LogP contribution in [-0.2, 0) is 22.4 Å². The zero-order valence-corrected chi connectivity index (χ0v) is 15.3. The zero-order chi connectivity index (χ0) is 17.5. The molecule has 1 aromatic rings. The number of rotatable bonds is 3. The summed E-state index contributed by atoms with van der Waals surface area (Å²) in [6, 6.07) is 0. The lowest BCUT2D eigenvalue weighted by atomic mass is 9.72. The van der Waals surface area contributed by atoms with Crippen molar-refractivity contribution in [2.45, 2.75) is 59.0 Å². The number of anilines is 1. The third kappa shape index (κ3) is 3.35. The second-order valence-electron chi connectivity index (χ2n) is 7.81. The molecule has 2 heterocycles. The zero-order valence-electron chi connectivity index (χ0n) is 14.5. The first-order chi connectivity index (χ1) is 11.3. The van der Waals surface area contributed by atoms with Crippen molar-refractivity contribution in [2.75, 3.05) is 11.9 Å². The van der Waals surface area contributed by atoms with Crippen molar-refractivity contribution in [3.63, 3.8) is 0 Å². The molecule has 2 aliphatic rings. The molecule has 0 aromatic carbocycles. The molecular weight excluding hydrogens is 326 g/mol. The largest absolute Gasteiger partial charge is 0.478 e. The Morgan fingerprint density at radius 1 is 1.29 bits per heavy atom. The van der Waals surface area contributed by atoms with Crippen LogP contribution in [0.4, 0.5) is 5.00 Å². The Balaban J connectivity index is 1.86. The van der Waals surface area contributed by atoms with Gasteiger partial charge in [0.05, 0.1) is 5.56 Å². The number of amides is 1. The van der Waals surface area contributed by atoms with Crippen LogP contribution < -0.4 is 5.32 Å². The van der Waals surface area contributed by atoms with E-state index in [1.807, 2.05) is 0 Å². The van der Waals surface area contributed by atoms with E-state index in [4.69, 9.17) is 4.74 Å². The fourth-order valence-electron chi connectivity index (χ4n) is 3.62. The average Bonchev–Trinajstić information content (AvgIpc) is 3.12. The van der Waals surface area contributed by atoms with Crippen LogP contribution in [-0.4, -0.2) is 29.7 Å². The van der Waals surface area contributed by atoms with Crippen molar-refractivity contribution in [1.82, 2.24) is 0 Å². The molecule has 2 N–H and O–H groups in total. The molecule has 3 rings (SSSR count). The predicted molar refractivity (Wildman–Crippen MR) is 93.9 cm³/mol. The van der Waals surface area contributed by atoms with Crippen LogP contribution >= 0.6 is 11.3 Å². The first-order valence-electron chi connectivity index (χ1n) is 8.57. The molecule has 1 saturated heterocycles. The Kier molecular flexibility index (Phi) is 4.71. The molecule has 2 unspecified atom stereocenters. The Labute approximate surface area is 146 Å². The molecule has 1 aromatic heterocycles. The second kappa shape index (κ2) is 6.48. The Bertz CT molecular complexity index is 653. The van der Waals surface area contributed by atoms with Gasteiger partial charge in [0.2, 0.25) is 0 Å². The van der Waals surface area contributed by atoms with Crippen LogP contribution in [0.3, 0.4) is 0 Å². The molecule has 0 radical (unpaired) electrons. The Morgan fingerprint density at radius 2 is 2.04 bits per heavy atom. The molecule has 0 spiro atoms. The van der Waals surface area contributed by atoms with Crippen LogP contribution in [0.25, 0.3) is 0 Å². The number of carboxylic acid groups (broad SMARTS) is 1. The molecule has 5 nitrogen and oxygen atoms in total. The molecule has 0 bridgehead atoms. The number of carbonyl (C=O) groups is 2. The van der Waals surface area contributed by atoms with Gasteiger partial charge in [0, 0.05) is 11.5 Å². The van der Waals surface area contributed by atoms with E-state index in [-0.39, 0.29) is 16.9 Å². The maximum absolute atomic E-state index is 12.3. The van der Waals surface area contributed by atoms with Crippen LogP contribution in [0.2, 0.25) is 0 Å². The van der Waals surface area contributed by atoms with Crippen molar-refractivity contribution >= 4 is 28.2 Å². The van der Waals surface area contributed by atoms with Gasteiger partial charge >= 0.3 is 5.97 Å². The molecular formula is C18H25NO4S. The van der Waals surface area contributed by atoms with Gasteiger partial charge in [-0.05, 0) is 49.0 Å². The highest BCUT2D eigenvalue weighted by molar-refractivity contribution is 7.17. The highest BCUT2D eigenvalue weighted by Gasteiger charge is 2.34. The number of nitrogens with one attached hydrogen (secondary N) is 1. The average molecular weight is 351 g/mol. The smallest absolute Gasteiger partial charge is 0.339 e. The summed E-state index contributed by atoms with van der Waals surface area (Å²) in [6.45, 7) is 7.29. The number of fused-ring (bicyclic) bond motifs is 1. The standard InChI is InChI=1S/C18H25NO4S/c1-18(2,3)10-6-7-11-13(9-10)24-16(14(11)17(21)22)19-15(20)12-5-4-8-23-12/h10,12H,4-9H2,1-3H3,(H,19,20)(H,21,22). The summed E-state index contributed by atoms with van der Waals surface area (Å²) < 4.78 is 5.40. The Hall–Kier alpha value is -1.40. The van der Waals surface area contributed by atoms with Gasteiger partial charge in [-0.2, -0.15) is 0 Å². The summed E-state index contributed by atoms with van der Waals surface area (Å²) in [6.07, 6.45) is 3.77. The molecule has 1 aliphatic carbocycles. The summed E-state index contributed by atoms with van der Waals surface area (Å²) in [5, 5.41) is 12.9. The number of thiophene rings is 1. The van der Waals surface area contributed by atoms with Gasteiger partial charge in [-0.15, -0.1) is 11.3 Å². The summed E-state index contributed by atoms with van der Waals surface area (Å²) in [4.78, 5) is 25.2. The molecule has 6 heteroatoms. The summed E-state index contributed by atoms with van der Waals surface area (Å²) in [7, 11) is 0. The third-order valence-electron chi connectivity index (χ3n) is 5.16. The number of carboxylic acids is 1. The maximum atomic E-state index is 12.3. The van der Waals surface area contributed by atoms with Gasteiger partial charge in [-0.3, -0.25) is 4.79 Å². The van der Waals surface area contributed by atoms with Crippen molar-refractivity contribution in [3.05, 3.63) is 16.0 Å². The van der Waals surface area contributed by atoms with Gasteiger partial charge in [0.15, 0.2) is 0 Å². The first kappa shape index (κ1) is 17.4. The van der Waals surface area contributed by atoms with Gasteiger partial charge in [0.1, 0.15) is 11.1 Å². The molecule has 1 aliphatic heterocycles. The van der Waals surface area contributed by atoms with Crippen LogP contribution in [0.5, 0.6) is 0 Å². The number of hydrogen-bond acceptors (Lipinski definition) is 4. The normalized spacial score (nSPS) is 23.8. The van der Waals surface area contributed by atoms with Crippen LogP contribution in [0.15, 0.2) is 0 Å².